The fraction of sp³-hybridized carbons (Fsp3) is 0.538. The zero-order valence-corrected chi connectivity index (χ0v) is 12.5. The lowest BCUT2D eigenvalue weighted by Gasteiger charge is -2.27. The Bertz CT molecular complexity index is 573. The SMILES string of the molecule is O=S(=O)(c1ccc(F)cc1Cl)N(CCO)C1CCCC1. The minimum absolute atomic E-state index is 0.0285. The zero-order valence-electron chi connectivity index (χ0n) is 10.9. The van der Waals surface area contributed by atoms with Crippen LogP contribution in [-0.2, 0) is 10.0 Å². The molecule has 1 N–H and O–H groups in total. The van der Waals surface area contributed by atoms with Crippen LogP contribution in [0.4, 0.5) is 4.39 Å². The van der Waals surface area contributed by atoms with Gasteiger partial charge in [-0.2, -0.15) is 4.31 Å². The molecule has 7 heteroatoms. The van der Waals surface area contributed by atoms with Gasteiger partial charge in [0.05, 0.1) is 11.6 Å². The van der Waals surface area contributed by atoms with E-state index in [1.54, 1.807) is 0 Å². The Hall–Kier alpha value is -0.690. The van der Waals surface area contributed by atoms with Gasteiger partial charge in [-0.05, 0) is 31.0 Å². The summed E-state index contributed by atoms with van der Waals surface area (Å²) in [5.41, 5.74) is 0. The lowest BCUT2D eigenvalue weighted by molar-refractivity contribution is 0.226. The normalized spacial score (nSPS) is 17.0. The Labute approximate surface area is 123 Å². The number of aliphatic hydroxyl groups excluding tert-OH is 1. The second-order valence-electron chi connectivity index (χ2n) is 4.85. The van der Waals surface area contributed by atoms with Gasteiger partial charge in [-0.25, -0.2) is 12.8 Å². The molecule has 1 aromatic carbocycles. The maximum atomic E-state index is 13.1. The standard InChI is InChI=1S/C13H17ClFNO3S/c14-12-9-10(15)5-6-13(12)20(18,19)16(7-8-17)11-3-1-2-4-11/h5-6,9,11,17H,1-4,7-8H2. The molecule has 1 aliphatic rings. The van der Waals surface area contributed by atoms with Gasteiger partial charge in [0.15, 0.2) is 0 Å². The van der Waals surface area contributed by atoms with Crippen molar-refractivity contribution in [2.45, 2.75) is 36.6 Å². The van der Waals surface area contributed by atoms with Crippen molar-refractivity contribution in [3.63, 3.8) is 0 Å². The van der Waals surface area contributed by atoms with E-state index in [-0.39, 0.29) is 29.1 Å². The number of aliphatic hydroxyl groups is 1. The van der Waals surface area contributed by atoms with Crippen LogP contribution in [0, 0.1) is 5.82 Å². The first-order valence-electron chi connectivity index (χ1n) is 6.54. The summed E-state index contributed by atoms with van der Waals surface area (Å²) in [5.74, 6) is -0.580. The van der Waals surface area contributed by atoms with Crippen LogP contribution in [0.25, 0.3) is 0 Å². The minimum Gasteiger partial charge on any atom is -0.395 e. The van der Waals surface area contributed by atoms with Crippen molar-refractivity contribution in [1.29, 1.82) is 0 Å². The van der Waals surface area contributed by atoms with Crippen molar-refractivity contribution in [2.75, 3.05) is 13.2 Å². The van der Waals surface area contributed by atoms with Crippen molar-refractivity contribution in [1.82, 2.24) is 4.31 Å². The van der Waals surface area contributed by atoms with Crippen molar-refractivity contribution in [2.24, 2.45) is 0 Å². The van der Waals surface area contributed by atoms with E-state index < -0.39 is 15.8 Å². The van der Waals surface area contributed by atoms with Crippen LogP contribution < -0.4 is 0 Å². The third-order valence-corrected chi connectivity index (χ3v) is 5.97. The van der Waals surface area contributed by atoms with E-state index in [0.29, 0.717) is 0 Å². The lowest BCUT2D eigenvalue weighted by Crippen LogP contribution is -2.40. The molecule has 4 nitrogen and oxygen atoms in total. The van der Waals surface area contributed by atoms with Gasteiger partial charge in [0.2, 0.25) is 10.0 Å². The van der Waals surface area contributed by atoms with E-state index in [2.05, 4.69) is 0 Å². The van der Waals surface area contributed by atoms with Gasteiger partial charge in [-0.15, -0.1) is 0 Å². The van der Waals surface area contributed by atoms with Gasteiger partial charge >= 0.3 is 0 Å². The third kappa shape index (κ3) is 3.14. The van der Waals surface area contributed by atoms with Crippen LogP contribution in [0.3, 0.4) is 0 Å². The number of nitrogens with zero attached hydrogens (tertiary/aromatic N) is 1. The van der Waals surface area contributed by atoms with E-state index in [4.69, 9.17) is 16.7 Å². The summed E-state index contributed by atoms with van der Waals surface area (Å²) in [6.07, 6.45) is 3.49. The highest BCUT2D eigenvalue weighted by Crippen LogP contribution is 2.31. The molecule has 20 heavy (non-hydrogen) atoms. The van der Waals surface area contributed by atoms with Crippen LogP contribution >= 0.6 is 11.6 Å². The smallest absolute Gasteiger partial charge is 0.244 e. The summed E-state index contributed by atoms with van der Waals surface area (Å²) in [6.45, 7) is -0.227. The molecule has 112 valence electrons. The number of rotatable bonds is 5. The fourth-order valence-corrected chi connectivity index (χ4v) is 4.78. The molecule has 1 aromatic rings. The average molecular weight is 322 g/mol. The minimum atomic E-state index is -3.82. The largest absolute Gasteiger partial charge is 0.395 e. The predicted octanol–water partition coefficient (Wildman–Crippen LogP) is 2.40. The Balaban J connectivity index is 2.39. The van der Waals surface area contributed by atoms with E-state index in [9.17, 15) is 12.8 Å². The molecule has 0 aromatic heterocycles. The Kier molecular flexibility index (Phi) is 5.01. The Morgan fingerprint density at radius 3 is 2.55 bits per heavy atom. The summed E-state index contributed by atoms with van der Waals surface area (Å²) in [5, 5.41) is 8.99. The van der Waals surface area contributed by atoms with Crippen molar-refractivity contribution in [3.05, 3.63) is 29.0 Å². The molecule has 0 bridgehead atoms. The van der Waals surface area contributed by atoms with Crippen LogP contribution in [0.2, 0.25) is 5.02 Å². The molecule has 1 aliphatic carbocycles. The van der Waals surface area contributed by atoms with Gasteiger partial charge in [-0.3, -0.25) is 0 Å². The van der Waals surface area contributed by atoms with E-state index in [1.807, 2.05) is 0 Å². The highest BCUT2D eigenvalue weighted by molar-refractivity contribution is 7.89. The first-order valence-corrected chi connectivity index (χ1v) is 8.36. The molecular weight excluding hydrogens is 305 g/mol. The first-order chi connectivity index (χ1) is 9.46. The average Bonchev–Trinajstić information content (AvgIpc) is 2.88. The highest BCUT2D eigenvalue weighted by Gasteiger charge is 2.34. The summed E-state index contributed by atoms with van der Waals surface area (Å²) < 4.78 is 39.6. The molecular formula is C13H17ClFNO3S. The molecule has 0 amide bonds. The maximum absolute atomic E-state index is 13.1. The lowest BCUT2D eigenvalue weighted by atomic mass is 10.2. The third-order valence-electron chi connectivity index (χ3n) is 3.53. The van der Waals surface area contributed by atoms with Crippen LogP contribution in [0.15, 0.2) is 23.1 Å². The van der Waals surface area contributed by atoms with Crippen LogP contribution in [0.5, 0.6) is 0 Å². The van der Waals surface area contributed by atoms with E-state index in [1.165, 1.54) is 10.4 Å². The number of hydrogen-bond donors (Lipinski definition) is 1. The zero-order chi connectivity index (χ0) is 14.8. The highest BCUT2D eigenvalue weighted by atomic mass is 35.5. The molecule has 0 atom stereocenters. The molecule has 2 rings (SSSR count). The van der Waals surface area contributed by atoms with Crippen LogP contribution in [-0.4, -0.2) is 37.0 Å². The van der Waals surface area contributed by atoms with Gasteiger partial charge in [-0.1, -0.05) is 24.4 Å². The second kappa shape index (κ2) is 6.39. The number of halogens is 2. The van der Waals surface area contributed by atoms with Gasteiger partial charge in [0.1, 0.15) is 10.7 Å². The molecule has 0 unspecified atom stereocenters. The summed E-state index contributed by atoms with van der Waals surface area (Å²) >= 11 is 5.86. The topological polar surface area (TPSA) is 57.6 Å². The van der Waals surface area contributed by atoms with Crippen LogP contribution in [0.1, 0.15) is 25.7 Å². The molecule has 1 fully saturated rings. The Morgan fingerprint density at radius 1 is 1.35 bits per heavy atom. The predicted molar refractivity (Wildman–Crippen MR) is 74.6 cm³/mol. The summed E-state index contributed by atoms with van der Waals surface area (Å²) in [6, 6.07) is 3.12. The number of sulfonamides is 1. The van der Waals surface area contributed by atoms with E-state index in [0.717, 1.165) is 37.8 Å². The summed E-state index contributed by atoms with van der Waals surface area (Å²) in [4.78, 5) is -0.110. The Morgan fingerprint density at radius 2 is 2.00 bits per heavy atom. The molecule has 1 saturated carbocycles. The fourth-order valence-electron chi connectivity index (χ4n) is 2.60. The van der Waals surface area contributed by atoms with E-state index >= 15 is 0 Å². The van der Waals surface area contributed by atoms with Gasteiger partial charge < -0.3 is 5.11 Å². The van der Waals surface area contributed by atoms with Crippen molar-refractivity contribution in [3.8, 4) is 0 Å². The molecule has 0 spiro atoms. The quantitative estimate of drug-likeness (QED) is 0.906. The van der Waals surface area contributed by atoms with Gasteiger partial charge in [0, 0.05) is 12.6 Å². The van der Waals surface area contributed by atoms with Crippen molar-refractivity contribution < 1.29 is 17.9 Å². The molecule has 0 radical (unpaired) electrons. The number of benzene rings is 1. The second-order valence-corrected chi connectivity index (χ2v) is 7.12. The maximum Gasteiger partial charge on any atom is 0.244 e. The van der Waals surface area contributed by atoms with Gasteiger partial charge in [0.25, 0.3) is 0 Å². The van der Waals surface area contributed by atoms with Crippen molar-refractivity contribution >= 4 is 21.6 Å². The monoisotopic (exact) mass is 321 g/mol. The summed E-state index contributed by atoms with van der Waals surface area (Å²) in [7, 11) is -3.82. The number of hydrogen-bond acceptors (Lipinski definition) is 3. The molecule has 0 saturated heterocycles. The molecule has 0 heterocycles. The molecule has 0 aliphatic heterocycles. The first kappa shape index (κ1) is 15.7.